The summed E-state index contributed by atoms with van der Waals surface area (Å²) in [7, 11) is -2.76. The fourth-order valence-electron chi connectivity index (χ4n) is 5.50. The number of ketones is 1. The van der Waals surface area contributed by atoms with Crippen LogP contribution in [-0.4, -0.2) is 43.6 Å². The molecule has 0 aromatic heterocycles. The predicted octanol–water partition coefficient (Wildman–Crippen LogP) is 4.41. The van der Waals surface area contributed by atoms with E-state index in [-0.39, 0.29) is 29.7 Å². The van der Waals surface area contributed by atoms with Crippen LogP contribution < -0.4 is 5.32 Å². The summed E-state index contributed by atoms with van der Waals surface area (Å²) in [6, 6.07) is 0. The SMILES string of the molecule is CC(CNC(=O)CC(O)(O[Si](C)(C)C)C(F)(F)F)[C@H]1CCC[C@H]2C(=O)CCC[C@]12C. The quantitative estimate of drug-likeness (QED) is 0.444. The number of carbonyl (C=O) groups is 2. The van der Waals surface area contributed by atoms with E-state index < -0.39 is 32.6 Å². The van der Waals surface area contributed by atoms with E-state index in [1.807, 2.05) is 6.92 Å². The number of hydrogen-bond donors (Lipinski definition) is 2. The lowest BCUT2D eigenvalue weighted by Gasteiger charge is -2.51. The molecule has 0 aromatic rings. The second-order valence-electron chi connectivity index (χ2n) is 10.4. The van der Waals surface area contributed by atoms with Crippen molar-refractivity contribution in [3.8, 4) is 0 Å². The van der Waals surface area contributed by atoms with E-state index in [2.05, 4.69) is 12.2 Å². The van der Waals surface area contributed by atoms with Crippen LogP contribution in [0.2, 0.25) is 19.6 Å². The smallest absolute Gasteiger partial charge is 0.384 e. The van der Waals surface area contributed by atoms with Crippen molar-refractivity contribution >= 4 is 20.0 Å². The molecule has 2 fully saturated rings. The van der Waals surface area contributed by atoms with Crippen molar-refractivity contribution in [3.05, 3.63) is 0 Å². The van der Waals surface area contributed by atoms with E-state index >= 15 is 0 Å². The zero-order chi connectivity index (χ0) is 23.0. The van der Waals surface area contributed by atoms with Crippen molar-refractivity contribution in [1.29, 1.82) is 0 Å². The van der Waals surface area contributed by atoms with Gasteiger partial charge in [-0.1, -0.05) is 20.3 Å². The molecule has 2 rings (SSSR count). The Morgan fingerprint density at radius 1 is 1.30 bits per heavy atom. The van der Waals surface area contributed by atoms with Gasteiger partial charge >= 0.3 is 6.18 Å². The van der Waals surface area contributed by atoms with Crippen LogP contribution >= 0.6 is 0 Å². The zero-order valence-electron chi connectivity index (χ0n) is 18.7. The van der Waals surface area contributed by atoms with E-state index in [4.69, 9.17) is 4.43 Å². The van der Waals surface area contributed by atoms with Crippen LogP contribution in [0.15, 0.2) is 0 Å². The first-order valence-electron chi connectivity index (χ1n) is 10.9. The summed E-state index contributed by atoms with van der Waals surface area (Å²) >= 11 is 0. The summed E-state index contributed by atoms with van der Waals surface area (Å²) in [4.78, 5) is 24.7. The van der Waals surface area contributed by atoms with Gasteiger partial charge in [-0.2, -0.15) is 13.2 Å². The van der Waals surface area contributed by atoms with Crippen LogP contribution in [-0.2, 0) is 14.0 Å². The third kappa shape index (κ3) is 5.65. The summed E-state index contributed by atoms with van der Waals surface area (Å²) in [6.45, 7) is 8.91. The van der Waals surface area contributed by atoms with Gasteiger partial charge in [0.25, 0.3) is 5.79 Å². The molecule has 0 saturated heterocycles. The highest BCUT2D eigenvalue weighted by molar-refractivity contribution is 6.69. The standard InChI is InChI=1S/C21H36F3NO4Si/c1-14(15-8-6-9-16-17(26)10-7-11-19(15,16)2)13-25-18(27)12-20(28,21(22,23)24)29-30(3,4)5/h14-16,28H,6-13H2,1-5H3,(H,25,27)/t14?,15-,16+,19-,20?/m1/s1. The Morgan fingerprint density at radius 3 is 2.50 bits per heavy atom. The number of aliphatic hydroxyl groups is 1. The summed E-state index contributed by atoms with van der Waals surface area (Å²) in [5, 5.41) is 12.7. The minimum atomic E-state index is -5.07. The van der Waals surface area contributed by atoms with Crippen LogP contribution in [0.25, 0.3) is 0 Å². The molecule has 2 unspecified atom stereocenters. The van der Waals surface area contributed by atoms with Crippen LogP contribution in [0, 0.1) is 23.2 Å². The molecule has 0 aromatic carbocycles. The zero-order valence-corrected chi connectivity index (χ0v) is 19.7. The molecule has 0 radical (unpaired) electrons. The largest absolute Gasteiger partial charge is 0.442 e. The molecule has 0 aliphatic heterocycles. The van der Waals surface area contributed by atoms with Crippen LogP contribution in [0.1, 0.15) is 58.8 Å². The van der Waals surface area contributed by atoms with Crippen molar-refractivity contribution in [2.75, 3.05) is 6.54 Å². The molecule has 2 aliphatic carbocycles. The molecule has 5 atom stereocenters. The van der Waals surface area contributed by atoms with E-state index in [1.165, 1.54) is 19.6 Å². The number of hydrogen-bond acceptors (Lipinski definition) is 4. The lowest BCUT2D eigenvalue weighted by Crippen LogP contribution is -2.55. The summed E-state index contributed by atoms with van der Waals surface area (Å²) < 4.78 is 45.1. The number of halogens is 3. The molecular weight excluding hydrogens is 415 g/mol. The minimum absolute atomic E-state index is 0.0181. The first-order chi connectivity index (χ1) is 13.6. The van der Waals surface area contributed by atoms with Gasteiger partial charge in [-0.25, -0.2) is 0 Å². The number of Topliss-reactive ketones (excluding diaryl/α,β-unsaturated/α-hetero) is 1. The van der Waals surface area contributed by atoms with Crippen molar-refractivity contribution < 1.29 is 32.3 Å². The summed E-state index contributed by atoms with van der Waals surface area (Å²) in [6.07, 6.45) is -0.990. The lowest BCUT2D eigenvalue weighted by molar-refractivity contribution is -0.338. The molecule has 2 saturated carbocycles. The minimum Gasteiger partial charge on any atom is -0.384 e. The molecule has 5 nitrogen and oxygen atoms in total. The number of amides is 1. The molecule has 1 amide bonds. The third-order valence-corrected chi connectivity index (χ3v) is 7.75. The maximum Gasteiger partial charge on any atom is 0.442 e. The highest BCUT2D eigenvalue weighted by Gasteiger charge is 2.58. The highest BCUT2D eigenvalue weighted by Crippen LogP contribution is 2.54. The Morgan fingerprint density at radius 2 is 1.93 bits per heavy atom. The van der Waals surface area contributed by atoms with Gasteiger partial charge in [-0.05, 0) is 62.6 Å². The van der Waals surface area contributed by atoms with Crippen molar-refractivity contribution in [1.82, 2.24) is 5.32 Å². The molecule has 2 aliphatic rings. The Balaban J connectivity index is 2.01. The second kappa shape index (κ2) is 8.90. The fourth-order valence-corrected chi connectivity index (χ4v) is 6.70. The highest BCUT2D eigenvalue weighted by atomic mass is 28.4. The van der Waals surface area contributed by atoms with Crippen molar-refractivity contribution in [3.63, 3.8) is 0 Å². The summed E-state index contributed by atoms with van der Waals surface area (Å²) in [5.41, 5.74) is -0.120. The van der Waals surface area contributed by atoms with E-state index in [0.717, 1.165) is 32.1 Å². The number of fused-ring (bicyclic) bond motifs is 1. The molecular formula is C21H36F3NO4Si. The predicted molar refractivity (Wildman–Crippen MR) is 110 cm³/mol. The molecule has 0 bridgehead atoms. The average molecular weight is 452 g/mol. The Labute approximate surface area is 178 Å². The maximum atomic E-state index is 13.4. The van der Waals surface area contributed by atoms with Gasteiger partial charge in [0.15, 0.2) is 8.32 Å². The Bertz CT molecular complexity index is 651. The normalized spacial score (nSPS) is 30.9. The second-order valence-corrected chi connectivity index (χ2v) is 14.8. The van der Waals surface area contributed by atoms with Gasteiger partial charge in [-0.15, -0.1) is 0 Å². The average Bonchev–Trinajstić information content (AvgIpc) is 2.56. The molecule has 0 spiro atoms. The van der Waals surface area contributed by atoms with Crippen molar-refractivity contribution in [2.24, 2.45) is 23.2 Å². The number of rotatable bonds is 7. The van der Waals surface area contributed by atoms with Gasteiger partial charge in [0.05, 0.1) is 6.42 Å². The number of carbonyl (C=O) groups excluding carboxylic acids is 2. The summed E-state index contributed by atoms with van der Waals surface area (Å²) in [5.74, 6) is -3.77. The van der Waals surface area contributed by atoms with Gasteiger partial charge < -0.3 is 14.8 Å². The molecule has 2 N–H and O–H groups in total. The van der Waals surface area contributed by atoms with E-state index in [0.29, 0.717) is 12.2 Å². The molecule has 0 heterocycles. The Kier molecular flexibility index (Phi) is 7.51. The molecule has 174 valence electrons. The van der Waals surface area contributed by atoms with Gasteiger partial charge in [0, 0.05) is 18.9 Å². The Hall–Kier alpha value is -0.933. The van der Waals surface area contributed by atoms with Gasteiger partial charge in [0.1, 0.15) is 5.78 Å². The van der Waals surface area contributed by atoms with Gasteiger partial charge in [-0.3, -0.25) is 9.59 Å². The van der Waals surface area contributed by atoms with Crippen LogP contribution in [0.4, 0.5) is 13.2 Å². The van der Waals surface area contributed by atoms with Gasteiger partial charge in [0.2, 0.25) is 5.91 Å². The first kappa shape index (κ1) is 25.3. The first-order valence-corrected chi connectivity index (χ1v) is 14.3. The monoisotopic (exact) mass is 451 g/mol. The third-order valence-electron chi connectivity index (χ3n) is 6.80. The van der Waals surface area contributed by atoms with E-state index in [1.54, 1.807) is 0 Å². The van der Waals surface area contributed by atoms with Crippen molar-refractivity contribution in [2.45, 2.75) is 90.4 Å². The van der Waals surface area contributed by atoms with Crippen LogP contribution in [0.5, 0.6) is 0 Å². The van der Waals surface area contributed by atoms with E-state index in [9.17, 15) is 27.9 Å². The molecule has 9 heteroatoms. The fraction of sp³-hybridized carbons (Fsp3) is 0.905. The molecule has 30 heavy (non-hydrogen) atoms. The van der Waals surface area contributed by atoms with Crippen LogP contribution in [0.3, 0.4) is 0 Å². The maximum absolute atomic E-state index is 13.4. The number of alkyl halides is 3. The lowest BCUT2D eigenvalue weighted by atomic mass is 9.52. The topological polar surface area (TPSA) is 75.6 Å². The number of nitrogens with one attached hydrogen (secondary N) is 1.